The molecule has 1 N–H and O–H groups in total. The molecule has 1 aliphatic heterocycles. The topological polar surface area (TPSA) is 42.7 Å². The van der Waals surface area contributed by atoms with Crippen molar-refractivity contribution in [3.8, 4) is 0 Å². The van der Waals surface area contributed by atoms with Crippen molar-refractivity contribution >= 4 is 0 Å². The standard InChI is InChI=1S/C11H19FN4/c1-2-8-16-10(9-14-15-16)11(12)4-3-6-13-7-5-11/h9,13H,2-8H2,1H3. The van der Waals surface area contributed by atoms with E-state index in [-0.39, 0.29) is 0 Å². The average Bonchev–Trinajstić information content (AvgIpc) is 2.62. The van der Waals surface area contributed by atoms with E-state index in [1.54, 1.807) is 10.9 Å². The van der Waals surface area contributed by atoms with Gasteiger partial charge in [0, 0.05) is 6.54 Å². The van der Waals surface area contributed by atoms with E-state index in [0.717, 1.165) is 32.5 Å². The van der Waals surface area contributed by atoms with Crippen molar-refractivity contribution in [1.29, 1.82) is 0 Å². The third-order valence-electron chi connectivity index (χ3n) is 3.14. The van der Waals surface area contributed by atoms with E-state index in [0.29, 0.717) is 18.5 Å². The lowest BCUT2D eigenvalue weighted by molar-refractivity contribution is 0.131. The number of halogens is 1. The van der Waals surface area contributed by atoms with E-state index in [2.05, 4.69) is 22.6 Å². The molecule has 90 valence electrons. The number of aromatic nitrogens is 3. The summed E-state index contributed by atoms with van der Waals surface area (Å²) in [4.78, 5) is 0. The van der Waals surface area contributed by atoms with E-state index >= 15 is 0 Å². The maximum Gasteiger partial charge on any atom is 0.155 e. The molecule has 0 saturated carbocycles. The van der Waals surface area contributed by atoms with Crippen molar-refractivity contribution in [1.82, 2.24) is 20.3 Å². The fraction of sp³-hybridized carbons (Fsp3) is 0.818. The van der Waals surface area contributed by atoms with Gasteiger partial charge in [-0.25, -0.2) is 9.07 Å². The van der Waals surface area contributed by atoms with Crippen molar-refractivity contribution in [3.05, 3.63) is 11.9 Å². The molecule has 1 fully saturated rings. The molecule has 4 nitrogen and oxygen atoms in total. The molecule has 2 heterocycles. The zero-order valence-electron chi connectivity index (χ0n) is 9.75. The van der Waals surface area contributed by atoms with Crippen LogP contribution in [0, 0.1) is 0 Å². The first-order chi connectivity index (χ1) is 7.76. The van der Waals surface area contributed by atoms with Gasteiger partial charge in [-0.1, -0.05) is 12.1 Å². The van der Waals surface area contributed by atoms with Crippen molar-refractivity contribution in [2.45, 2.75) is 44.8 Å². The molecular formula is C11H19FN4. The van der Waals surface area contributed by atoms with Gasteiger partial charge in [0.2, 0.25) is 0 Å². The fourth-order valence-electron chi connectivity index (χ4n) is 2.27. The normalized spacial score (nSPS) is 26.6. The van der Waals surface area contributed by atoms with Crippen molar-refractivity contribution in [2.24, 2.45) is 0 Å². The van der Waals surface area contributed by atoms with Crippen LogP contribution in [0.1, 0.15) is 38.3 Å². The first-order valence-electron chi connectivity index (χ1n) is 6.05. The predicted octanol–water partition coefficient (Wildman–Crippen LogP) is 1.63. The van der Waals surface area contributed by atoms with E-state index in [1.165, 1.54) is 0 Å². The molecular weight excluding hydrogens is 207 g/mol. The molecule has 0 bridgehead atoms. The average molecular weight is 226 g/mol. The zero-order valence-corrected chi connectivity index (χ0v) is 9.75. The lowest BCUT2D eigenvalue weighted by Gasteiger charge is -2.23. The van der Waals surface area contributed by atoms with Gasteiger partial charge in [-0.3, -0.25) is 0 Å². The smallest absolute Gasteiger partial charge is 0.155 e. The molecule has 1 aliphatic rings. The summed E-state index contributed by atoms with van der Waals surface area (Å²) in [5.41, 5.74) is -0.597. The van der Waals surface area contributed by atoms with Gasteiger partial charge in [-0.15, -0.1) is 5.10 Å². The summed E-state index contributed by atoms with van der Waals surface area (Å²) in [6.07, 6.45) is 4.49. The number of hydrogen-bond acceptors (Lipinski definition) is 3. The van der Waals surface area contributed by atoms with Gasteiger partial charge >= 0.3 is 0 Å². The van der Waals surface area contributed by atoms with Gasteiger partial charge in [0.1, 0.15) is 0 Å². The summed E-state index contributed by atoms with van der Waals surface area (Å²) in [6, 6.07) is 0. The second kappa shape index (κ2) is 4.91. The van der Waals surface area contributed by atoms with Crippen LogP contribution in [0.5, 0.6) is 0 Å². The van der Waals surface area contributed by atoms with Crippen LogP contribution in [0.4, 0.5) is 4.39 Å². The van der Waals surface area contributed by atoms with Crippen molar-refractivity contribution in [2.75, 3.05) is 13.1 Å². The molecule has 1 aromatic heterocycles. The number of nitrogens with zero attached hydrogens (tertiary/aromatic N) is 3. The highest BCUT2D eigenvalue weighted by Gasteiger charge is 2.36. The molecule has 0 spiro atoms. The van der Waals surface area contributed by atoms with E-state index in [1.807, 2.05) is 0 Å². The van der Waals surface area contributed by atoms with Crippen LogP contribution < -0.4 is 5.32 Å². The quantitative estimate of drug-likeness (QED) is 0.851. The Labute approximate surface area is 95.2 Å². The van der Waals surface area contributed by atoms with E-state index in [4.69, 9.17) is 0 Å². The Morgan fingerprint density at radius 2 is 2.38 bits per heavy atom. The molecule has 2 rings (SSSR count). The van der Waals surface area contributed by atoms with Gasteiger partial charge in [0.25, 0.3) is 0 Å². The summed E-state index contributed by atoms with van der Waals surface area (Å²) < 4.78 is 16.6. The van der Waals surface area contributed by atoms with Gasteiger partial charge in [0.15, 0.2) is 5.67 Å². The van der Waals surface area contributed by atoms with Gasteiger partial charge < -0.3 is 5.32 Å². The Morgan fingerprint density at radius 3 is 3.19 bits per heavy atom. The lowest BCUT2D eigenvalue weighted by atomic mass is 9.93. The molecule has 1 saturated heterocycles. The van der Waals surface area contributed by atoms with Gasteiger partial charge in [-0.2, -0.15) is 0 Å². The van der Waals surface area contributed by atoms with Crippen LogP contribution in [0.25, 0.3) is 0 Å². The Morgan fingerprint density at radius 1 is 1.50 bits per heavy atom. The highest BCUT2D eigenvalue weighted by Crippen LogP contribution is 2.35. The Hall–Kier alpha value is -0.970. The molecule has 1 unspecified atom stereocenters. The summed E-state index contributed by atoms with van der Waals surface area (Å²) in [7, 11) is 0. The van der Waals surface area contributed by atoms with Crippen LogP contribution in [-0.4, -0.2) is 28.1 Å². The third-order valence-corrected chi connectivity index (χ3v) is 3.14. The summed E-state index contributed by atoms with van der Waals surface area (Å²) in [6.45, 7) is 4.44. The zero-order chi connectivity index (χ0) is 11.4. The number of nitrogens with one attached hydrogen (secondary N) is 1. The SMILES string of the molecule is CCCn1nncc1C1(F)CCCNCC1. The lowest BCUT2D eigenvalue weighted by Crippen LogP contribution is -2.26. The van der Waals surface area contributed by atoms with E-state index in [9.17, 15) is 4.39 Å². The highest BCUT2D eigenvalue weighted by atomic mass is 19.1. The predicted molar refractivity (Wildman–Crippen MR) is 59.8 cm³/mol. The van der Waals surface area contributed by atoms with E-state index < -0.39 is 5.67 Å². The van der Waals surface area contributed by atoms with Crippen molar-refractivity contribution < 1.29 is 4.39 Å². The summed E-state index contributed by atoms with van der Waals surface area (Å²) in [5, 5.41) is 11.0. The maximum absolute atomic E-state index is 14.8. The highest BCUT2D eigenvalue weighted by molar-refractivity contribution is 5.09. The minimum absolute atomic E-state index is 0.518. The Bertz CT molecular complexity index is 328. The minimum Gasteiger partial charge on any atom is -0.317 e. The van der Waals surface area contributed by atoms with Crippen LogP contribution in [0.15, 0.2) is 6.20 Å². The Balaban J connectivity index is 2.22. The van der Waals surface area contributed by atoms with Crippen molar-refractivity contribution in [3.63, 3.8) is 0 Å². The Kier molecular flexibility index (Phi) is 3.53. The fourth-order valence-corrected chi connectivity index (χ4v) is 2.27. The van der Waals surface area contributed by atoms with Gasteiger partial charge in [-0.05, 0) is 38.8 Å². The maximum atomic E-state index is 14.8. The monoisotopic (exact) mass is 226 g/mol. The minimum atomic E-state index is -1.25. The van der Waals surface area contributed by atoms with Crippen LogP contribution in [0.2, 0.25) is 0 Å². The number of aryl methyl sites for hydroxylation is 1. The molecule has 5 heteroatoms. The third kappa shape index (κ3) is 2.24. The first kappa shape index (κ1) is 11.5. The molecule has 16 heavy (non-hydrogen) atoms. The molecule has 0 radical (unpaired) electrons. The van der Waals surface area contributed by atoms with Gasteiger partial charge in [0.05, 0.1) is 11.9 Å². The molecule has 1 aromatic rings. The number of rotatable bonds is 3. The molecule has 0 aliphatic carbocycles. The largest absolute Gasteiger partial charge is 0.317 e. The molecule has 0 amide bonds. The first-order valence-corrected chi connectivity index (χ1v) is 6.05. The second-order valence-electron chi connectivity index (χ2n) is 4.41. The molecule has 1 atom stereocenters. The van der Waals surface area contributed by atoms with Crippen LogP contribution in [-0.2, 0) is 12.2 Å². The van der Waals surface area contributed by atoms with Crippen LogP contribution in [0.3, 0.4) is 0 Å². The van der Waals surface area contributed by atoms with Crippen LogP contribution >= 0.6 is 0 Å². The number of alkyl halides is 1. The summed E-state index contributed by atoms with van der Waals surface area (Å²) >= 11 is 0. The summed E-state index contributed by atoms with van der Waals surface area (Å²) in [5.74, 6) is 0. The second-order valence-corrected chi connectivity index (χ2v) is 4.41. The number of hydrogen-bond donors (Lipinski definition) is 1. The molecule has 0 aromatic carbocycles.